The fraction of sp³-hybridized carbons (Fsp3) is 0.269. The molecule has 186 valence electrons. The van der Waals surface area contributed by atoms with E-state index in [2.05, 4.69) is 0 Å². The molecule has 7 nitrogen and oxygen atoms in total. The van der Waals surface area contributed by atoms with Crippen molar-refractivity contribution in [1.82, 2.24) is 4.90 Å². The first-order chi connectivity index (χ1) is 16.7. The smallest absolute Gasteiger partial charge is 0.339 e. The van der Waals surface area contributed by atoms with Crippen LogP contribution >= 0.6 is 0 Å². The minimum absolute atomic E-state index is 0.0883. The molecule has 9 heteroatoms. The van der Waals surface area contributed by atoms with Gasteiger partial charge in [-0.1, -0.05) is 19.1 Å². The van der Waals surface area contributed by atoms with E-state index in [-0.39, 0.29) is 29.1 Å². The fourth-order valence-corrected chi connectivity index (χ4v) is 4.37. The summed E-state index contributed by atoms with van der Waals surface area (Å²) in [6, 6.07) is 15.8. The molecule has 0 aliphatic carbocycles. The first kappa shape index (κ1) is 26.0. The standard InChI is InChI=1S/C26H28FNO6S/c1-5-18(2)28(26(29)24-14-11-21(32-3)16-25(24)33-4)17-19-7-6-8-22(15-19)34-35(30,31)23-12-9-20(27)10-13-23/h6-16,18H,5,17H2,1-4H3. The van der Waals surface area contributed by atoms with Crippen molar-refractivity contribution >= 4 is 16.0 Å². The topological polar surface area (TPSA) is 82.1 Å². The number of hydrogen-bond donors (Lipinski definition) is 0. The molecule has 3 aromatic carbocycles. The molecule has 3 rings (SSSR count). The summed E-state index contributed by atoms with van der Waals surface area (Å²) in [5.74, 6) is 0.273. The maximum atomic E-state index is 13.5. The van der Waals surface area contributed by atoms with Crippen molar-refractivity contribution in [3.63, 3.8) is 0 Å². The van der Waals surface area contributed by atoms with Crippen molar-refractivity contribution in [2.24, 2.45) is 0 Å². The first-order valence-corrected chi connectivity index (χ1v) is 12.4. The highest BCUT2D eigenvalue weighted by Crippen LogP contribution is 2.28. The Morgan fingerprint density at radius 3 is 2.31 bits per heavy atom. The van der Waals surface area contributed by atoms with E-state index >= 15 is 0 Å². The molecule has 35 heavy (non-hydrogen) atoms. The number of nitrogens with zero attached hydrogens (tertiary/aromatic N) is 1. The van der Waals surface area contributed by atoms with Crippen molar-refractivity contribution in [2.75, 3.05) is 14.2 Å². The van der Waals surface area contributed by atoms with Crippen LogP contribution in [0.15, 0.2) is 71.6 Å². The Morgan fingerprint density at radius 2 is 1.69 bits per heavy atom. The molecule has 3 aromatic rings. The van der Waals surface area contributed by atoms with Gasteiger partial charge in [-0.25, -0.2) is 4.39 Å². The number of hydrogen-bond acceptors (Lipinski definition) is 6. The second-order valence-corrected chi connectivity index (χ2v) is 9.44. The summed E-state index contributed by atoms with van der Waals surface area (Å²) in [6.07, 6.45) is 0.708. The van der Waals surface area contributed by atoms with Crippen LogP contribution in [-0.2, 0) is 16.7 Å². The number of carbonyl (C=O) groups excluding carboxylic acids is 1. The van der Waals surface area contributed by atoms with Gasteiger partial charge in [-0.2, -0.15) is 8.42 Å². The van der Waals surface area contributed by atoms with Gasteiger partial charge in [0.05, 0.1) is 19.8 Å². The zero-order valence-corrected chi connectivity index (χ0v) is 20.8. The van der Waals surface area contributed by atoms with Gasteiger partial charge in [0.15, 0.2) is 0 Å². The van der Waals surface area contributed by atoms with Gasteiger partial charge < -0.3 is 18.6 Å². The predicted octanol–water partition coefficient (Wildman–Crippen LogP) is 5.05. The van der Waals surface area contributed by atoms with E-state index in [1.54, 1.807) is 41.3 Å². The highest BCUT2D eigenvalue weighted by Gasteiger charge is 2.24. The van der Waals surface area contributed by atoms with Crippen molar-refractivity contribution < 1.29 is 31.3 Å². The lowest BCUT2D eigenvalue weighted by molar-refractivity contribution is 0.0668. The molecule has 0 heterocycles. The Hall–Kier alpha value is -3.59. The Labute approximate surface area is 205 Å². The zero-order valence-electron chi connectivity index (χ0n) is 20.0. The lowest BCUT2D eigenvalue weighted by atomic mass is 10.1. The van der Waals surface area contributed by atoms with Crippen LogP contribution in [0.1, 0.15) is 36.2 Å². The van der Waals surface area contributed by atoms with Crippen LogP contribution in [0.5, 0.6) is 17.2 Å². The van der Waals surface area contributed by atoms with E-state index in [0.717, 1.165) is 24.3 Å². The molecule has 0 saturated carbocycles. The summed E-state index contributed by atoms with van der Waals surface area (Å²) in [5.41, 5.74) is 1.07. The number of ether oxygens (including phenoxy) is 2. The van der Waals surface area contributed by atoms with Gasteiger partial charge >= 0.3 is 10.1 Å². The Balaban J connectivity index is 1.87. The maximum absolute atomic E-state index is 13.5. The molecule has 0 fully saturated rings. The molecule has 0 aliphatic heterocycles. The quantitative estimate of drug-likeness (QED) is 0.362. The predicted molar refractivity (Wildman–Crippen MR) is 130 cm³/mol. The molecule has 1 atom stereocenters. The van der Waals surface area contributed by atoms with E-state index in [1.165, 1.54) is 20.3 Å². The average Bonchev–Trinajstić information content (AvgIpc) is 2.86. The van der Waals surface area contributed by atoms with E-state index in [9.17, 15) is 17.6 Å². The van der Waals surface area contributed by atoms with Gasteiger partial charge in [0.2, 0.25) is 0 Å². The second kappa shape index (κ2) is 11.2. The first-order valence-electron chi connectivity index (χ1n) is 11.0. The number of methoxy groups -OCH3 is 2. The lowest BCUT2D eigenvalue weighted by Gasteiger charge is -2.29. The SMILES string of the molecule is CCC(C)N(Cc1cccc(OS(=O)(=O)c2ccc(F)cc2)c1)C(=O)c1ccc(OC)cc1OC. The molecule has 0 N–H and O–H groups in total. The van der Waals surface area contributed by atoms with Crippen LogP contribution in [0.4, 0.5) is 4.39 Å². The molecule has 0 bridgehead atoms. The highest BCUT2D eigenvalue weighted by atomic mass is 32.2. The van der Waals surface area contributed by atoms with Crippen LogP contribution in [-0.4, -0.2) is 39.5 Å². The summed E-state index contributed by atoms with van der Waals surface area (Å²) < 4.78 is 54.2. The average molecular weight is 502 g/mol. The summed E-state index contributed by atoms with van der Waals surface area (Å²) in [6.45, 7) is 4.13. The van der Waals surface area contributed by atoms with Gasteiger partial charge in [-0.05, 0) is 67.4 Å². The molecule has 0 radical (unpaired) electrons. The minimum atomic E-state index is -4.15. The molecular formula is C26H28FNO6S. The monoisotopic (exact) mass is 501 g/mol. The Kier molecular flexibility index (Phi) is 8.34. The van der Waals surface area contributed by atoms with E-state index < -0.39 is 15.9 Å². The normalized spacial score (nSPS) is 12.0. The van der Waals surface area contributed by atoms with E-state index in [1.807, 2.05) is 13.8 Å². The van der Waals surface area contributed by atoms with Crippen molar-refractivity contribution in [3.8, 4) is 17.2 Å². The number of carbonyl (C=O) groups is 1. The minimum Gasteiger partial charge on any atom is -0.497 e. The van der Waals surface area contributed by atoms with Gasteiger partial charge in [-0.15, -0.1) is 0 Å². The molecule has 1 unspecified atom stereocenters. The Bertz CT molecular complexity index is 1280. The van der Waals surface area contributed by atoms with Crippen molar-refractivity contribution in [3.05, 3.63) is 83.7 Å². The summed E-state index contributed by atoms with van der Waals surface area (Å²) in [7, 11) is -1.12. The zero-order chi connectivity index (χ0) is 25.6. The fourth-order valence-electron chi connectivity index (χ4n) is 3.45. The molecule has 0 spiro atoms. The van der Waals surface area contributed by atoms with Crippen LogP contribution in [0.2, 0.25) is 0 Å². The largest absolute Gasteiger partial charge is 0.497 e. The molecule has 1 amide bonds. The summed E-state index contributed by atoms with van der Waals surface area (Å²) in [4.78, 5) is 15.0. The van der Waals surface area contributed by atoms with Crippen LogP contribution in [0.3, 0.4) is 0 Å². The molecule has 0 saturated heterocycles. The molecule has 0 aliphatic rings. The Morgan fingerprint density at radius 1 is 0.971 bits per heavy atom. The van der Waals surface area contributed by atoms with Crippen LogP contribution in [0, 0.1) is 5.82 Å². The molecule has 0 aromatic heterocycles. The number of benzene rings is 3. The van der Waals surface area contributed by atoms with Gasteiger partial charge in [0.1, 0.15) is 28.0 Å². The van der Waals surface area contributed by atoms with Crippen LogP contribution < -0.4 is 13.7 Å². The summed E-state index contributed by atoms with van der Waals surface area (Å²) in [5, 5.41) is 0. The third-order valence-corrected chi connectivity index (χ3v) is 6.84. The van der Waals surface area contributed by atoms with E-state index in [4.69, 9.17) is 13.7 Å². The van der Waals surface area contributed by atoms with Crippen LogP contribution in [0.25, 0.3) is 0 Å². The third-order valence-electron chi connectivity index (χ3n) is 5.58. The van der Waals surface area contributed by atoms with Crippen molar-refractivity contribution in [1.29, 1.82) is 0 Å². The molecular weight excluding hydrogens is 473 g/mol. The van der Waals surface area contributed by atoms with E-state index in [0.29, 0.717) is 29.0 Å². The number of halogens is 1. The second-order valence-electron chi connectivity index (χ2n) is 7.90. The van der Waals surface area contributed by atoms with Gasteiger partial charge in [-0.3, -0.25) is 4.79 Å². The van der Waals surface area contributed by atoms with Crippen molar-refractivity contribution in [2.45, 2.75) is 37.8 Å². The lowest BCUT2D eigenvalue weighted by Crippen LogP contribution is -2.38. The number of amides is 1. The van der Waals surface area contributed by atoms with Gasteiger partial charge in [0, 0.05) is 18.7 Å². The number of rotatable bonds is 10. The summed E-state index contributed by atoms with van der Waals surface area (Å²) >= 11 is 0. The maximum Gasteiger partial charge on any atom is 0.339 e. The third kappa shape index (κ3) is 6.30. The van der Waals surface area contributed by atoms with Gasteiger partial charge in [0.25, 0.3) is 5.91 Å². The highest BCUT2D eigenvalue weighted by molar-refractivity contribution is 7.87.